The molecule has 2 aromatic heterocycles. The smallest absolute Gasteiger partial charge is 0.243 e. The Balaban J connectivity index is 1.97. The average molecular weight is 307 g/mol. The van der Waals surface area contributed by atoms with E-state index in [1.807, 2.05) is 0 Å². The number of hydrogen-bond acceptors (Lipinski definition) is 6. The summed E-state index contributed by atoms with van der Waals surface area (Å²) in [7, 11) is -3.73. The maximum absolute atomic E-state index is 12.4. The van der Waals surface area contributed by atoms with Crippen LogP contribution >= 0.6 is 0 Å². The molecule has 0 amide bonds. The summed E-state index contributed by atoms with van der Waals surface area (Å²) in [6.07, 6.45) is 1.43. The summed E-state index contributed by atoms with van der Waals surface area (Å²) in [5.41, 5.74) is 6.89. The first kappa shape index (κ1) is 13.5. The molecule has 10 heteroatoms. The Morgan fingerprint density at radius 1 is 1.38 bits per heavy atom. The first-order valence-corrected chi connectivity index (χ1v) is 7.58. The minimum absolute atomic E-state index is 0.146. The molecule has 0 saturated heterocycles. The molecule has 110 valence electrons. The van der Waals surface area contributed by atoms with Gasteiger partial charge in [-0.25, -0.2) is 13.1 Å². The molecular weight excluding hydrogens is 294 g/mol. The maximum atomic E-state index is 12.4. The number of hydrogen-bond donors (Lipinski definition) is 4. The molecule has 0 radical (unpaired) electrons. The molecule has 0 fully saturated rings. The summed E-state index contributed by atoms with van der Waals surface area (Å²) in [4.78, 5) is 3.04. The van der Waals surface area contributed by atoms with Crippen molar-refractivity contribution in [3.63, 3.8) is 0 Å². The standard InChI is InChI=1S/C11H13N7O2S/c1-6(11-14-17-18-15-11)16-21(19,20)10-5-13-9-4-7(12)2-3-8(9)10/h2-6,13,16H,12H2,1H3,(H,14,15,17,18). The third-order valence-electron chi connectivity index (χ3n) is 3.04. The van der Waals surface area contributed by atoms with E-state index in [-0.39, 0.29) is 10.7 Å². The average Bonchev–Trinajstić information content (AvgIpc) is 3.07. The topological polar surface area (TPSA) is 142 Å². The molecule has 3 rings (SSSR count). The van der Waals surface area contributed by atoms with Crippen LogP contribution in [0.1, 0.15) is 18.8 Å². The van der Waals surface area contributed by atoms with Gasteiger partial charge in [0.05, 0.1) is 6.04 Å². The van der Waals surface area contributed by atoms with E-state index < -0.39 is 16.1 Å². The van der Waals surface area contributed by atoms with Gasteiger partial charge in [0.15, 0.2) is 5.82 Å². The van der Waals surface area contributed by atoms with Gasteiger partial charge in [0.25, 0.3) is 0 Å². The number of nitrogens with two attached hydrogens (primary N) is 1. The van der Waals surface area contributed by atoms with Crippen molar-refractivity contribution >= 4 is 26.6 Å². The summed E-state index contributed by atoms with van der Waals surface area (Å²) < 4.78 is 27.4. The van der Waals surface area contributed by atoms with E-state index in [9.17, 15) is 8.42 Å². The molecule has 9 nitrogen and oxygen atoms in total. The predicted octanol–water partition coefficient (Wildman–Crippen LogP) is 0.303. The SMILES string of the molecule is CC(NS(=O)(=O)c1c[nH]c2cc(N)ccc12)c1nn[nH]n1. The van der Waals surface area contributed by atoms with Gasteiger partial charge in [-0.3, -0.25) is 0 Å². The highest BCUT2D eigenvalue weighted by Crippen LogP contribution is 2.25. The summed E-state index contributed by atoms with van der Waals surface area (Å²) in [6.45, 7) is 1.63. The van der Waals surface area contributed by atoms with Crippen LogP contribution in [0.3, 0.4) is 0 Å². The minimum Gasteiger partial charge on any atom is -0.399 e. The molecule has 0 aliphatic heterocycles. The first-order valence-electron chi connectivity index (χ1n) is 6.09. The number of rotatable bonds is 4. The monoisotopic (exact) mass is 307 g/mol. The van der Waals surface area contributed by atoms with Crippen molar-refractivity contribution in [1.29, 1.82) is 0 Å². The number of anilines is 1. The van der Waals surface area contributed by atoms with E-state index in [2.05, 4.69) is 30.3 Å². The van der Waals surface area contributed by atoms with Gasteiger partial charge in [-0.2, -0.15) is 5.21 Å². The lowest BCUT2D eigenvalue weighted by molar-refractivity contribution is 0.561. The maximum Gasteiger partial charge on any atom is 0.243 e. The second-order valence-corrected chi connectivity index (χ2v) is 6.25. The molecule has 1 unspecified atom stereocenters. The van der Waals surface area contributed by atoms with Gasteiger partial charge in [-0.05, 0) is 25.1 Å². The number of aromatic nitrogens is 5. The van der Waals surface area contributed by atoms with Crippen molar-refractivity contribution in [3.8, 4) is 0 Å². The molecule has 1 aromatic carbocycles. The Labute approximate surface area is 120 Å². The van der Waals surface area contributed by atoms with Crippen molar-refractivity contribution in [2.75, 3.05) is 5.73 Å². The van der Waals surface area contributed by atoms with Gasteiger partial charge in [0.1, 0.15) is 4.90 Å². The van der Waals surface area contributed by atoms with Gasteiger partial charge >= 0.3 is 0 Å². The fourth-order valence-electron chi connectivity index (χ4n) is 2.04. The van der Waals surface area contributed by atoms with E-state index in [0.29, 0.717) is 16.6 Å². The molecule has 21 heavy (non-hydrogen) atoms. The van der Waals surface area contributed by atoms with Crippen LogP contribution in [-0.4, -0.2) is 34.0 Å². The summed E-state index contributed by atoms with van der Waals surface area (Å²) in [5, 5.41) is 13.8. The Bertz CT molecular complexity index is 869. The highest BCUT2D eigenvalue weighted by molar-refractivity contribution is 7.89. The van der Waals surface area contributed by atoms with Crippen molar-refractivity contribution in [3.05, 3.63) is 30.2 Å². The zero-order valence-electron chi connectivity index (χ0n) is 11.0. The van der Waals surface area contributed by atoms with Gasteiger partial charge < -0.3 is 10.7 Å². The number of nitrogen functional groups attached to an aromatic ring is 1. The lowest BCUT2D eigenvalue weighted by Gasteiger charge is -2.10. The van der Waals surface area contributed by atoms with Crippen LogP contribution in [0.2, 0.25) is 0 Å². The second-order valence-electron chi connectivity index (χ2n) is 4.57. The van der Waals surface area contributed by atoms with Gasteiger partial charge in [-0.1, -0.05) is 5.21 Å². The number of nitrogens with zero attached hydrogens (tertiary/aromatic N) is 3. The van der Waals surface area contributed by atoms with Crippen LogP contribution in [0, 0.1) is 0 Å². The van der Waals surface area contributed by atoms with Gasteiger partial charge in [0.2, 0.25) is 10.0 Å². The minimum atomic E-state index is -3.73. The molecule has 0 aliphatic carbocycles. The van der Waals surface area contributed by atoms with Crippen molar-refractivity contribution in [2.45, 2.75) is 17.9 Å². The Morgan fingerprint density at radius 3 is 2.90 bits per heavy atom. The first-order chi connectivity index (χ1) is 9.97. The van der Waals surface area contributed by atoms with Crippen LogP contribution in [-0.2, 0) is 10.0 Å². The van der Waals surface area contributed by atoms with Crippen molar-refractivity contribution in [1.82, 2.24) is 30.3 Å². The molecule has 1 atom stereocenters. The quantitative estimate of drug-likeness (QED) is 0.511. The molecule has 5 N–H and O–H groups in total. The molecular formula is C11H13N7O2S. The number of aromatic amines is 2. The van der Waals surface area contributed by atoms with Crippen LogP contribution in [0.4, 0.5) is 5.69 Å². The highest BCUT2D eigenvalue weighted by atomic mass is 32.2. The fourth-order valence-corrected chi connectivity index (χ4v) is 3.42. The summed E-state index contributed by atoms with van der Waals surface area (Å²) >= 11 is 0. The lowest BCUT2D eigenvalue weighted by Crippen LogP contribution is -2.27. The van der Waals surface area contributed by atoms with Crippen LogP contribution in [0.5, 0.6) is 0 Å². The van der Waals surface area contributed by atoms with Crippen molar-refractivity contribution in [2.24, 2.45) is 0 Å². The predicted molar refractivity (Wildman–Crippen MR) is 75.6 cm³/mol. The Kier molecular flexibility index (Phi) is 3.11. The molecule has 0 aliphatic rings. The largest absolute Gasteiger partial charge is 0.399 e. The summed E-state index contributed by atoms with van der Waals surface area (Å²) in [6, 6.07) is 4.39. The van der Waals surface area contributed by atoms with Crippen LogP contribution < -0.4 is 10.5 Å². The Morgan fingerprint density at radius 2 is 2.19 bits per heavy atom. The molecule has 0 saturated carbocycles. The lowest BCUT2D eigenvalue weighted by atomic mass is 10.2. The van der Waals surface area contributed by atoms with E-state index in [0.717, 1.165) is 0 Å². The Hall–Kier alpha value is -2.46. The van der Waals surface area contributed by atoms with Gasteiger partial charge in [-0.15, -0.1) is 10.2 Å². The fraction of sp³-hybridized carbons (Fsp3) is 0.182. The van der Waals surface area contributed by atoms with E-state index in [4.69, 9.17) is 5.73 Å². The number of tetrazole rings is 1. The molecule has 3 aromatic rings. The highest BCUT2D eigenvalue weighted by Gasteiger charge is 2.23. The van der Waals surface area contributed by atoms with Crippen LogP contribution in [0.15, 0.2) is 29.3 Å². The number of fused-ring (bicyclic) bond motifs is 1. The van der Waals surface area contributed by atoms with E-state index in [1.165, 1.54) is 6.20 Å². The molecule has 0 spiro atoms. The van der Waals surface area contributed by atoms with Crippen molar-refractivity contribution < 1.29 is 8.42 Å². The third kappa shape index (κ3) is 2.45. The third-order valence-corrected chi connectivity index (χ3v) is 4.62. The number of sulfonamides is 1. The van der Waals surface area contributed by atoms with Crippen LogP contribution in [0.25, 0.3) is 10.9 Å². The normalized spacial score (nSPS) is 13.6. The number of H-pyrrole nitrogens is 2. The summed E-state index contributed by atoms with van der Waals surface area (Å²) in [5.74, 6) is 0.266. The molecule has 0 bridgehead atoms. The van der Waals surface area contributed by atoms with Gasteiger partial charge in [0, 0.05) is 22.8 Å². The van der Waals surface area contributed by atoms with E-state index >= 15 is 0 Å². The zero-order chi connectivity index (χ0) is 15.0. The zero-order valence-corrected chi connectivity index (χ0v) is 11.8. The number of benzene rings is 1. The number of nitrogens with one attached hydrogen (secondary N) is 3. The molecule has 2 heterocycles. The second kappa shape index (κ2) is 4.82. The van der Waals surface area contributed by atoms with E-state index in [1.54, 1.807) is 25.1 Å².